The van der Waals surface area contributed by atoms with E-state index in [-0.39, 0.29) is 23.8 Å². The number of carbonyl (C=O) groups is 2. The van der Waals surface area contributed by atoms with Crippen molar-refractivity contribution in [2.75, 3.05) is 19.6 Å². The molecule has 0 aromatic rings. The molecule has 0 radical (unpaired) electrons. The Labute approximate surface area is 166 Å². The molecule has 5 heteroatoms. The lowest BCUT2D eigenvalue weighted by atomic mass is 9.87. The fourth-order valence-electron chi connectivity index (χ4n) is 4.37. The summed E-state index contributed by atoms with van der Waals surface area (Å²) in [7, 11) is 0. The van der Waals surface area contributed by atoms with Crippen molar-refractivity contribution in [1.82, 2.24) is 15.5 Å². The van der Waals surface area contributed by atoms with E-state index in [1.54, 1.807) is 0 Å². The average molecular weight is 380 g/mol. The molecule has 0 bridgehead atoms. The van der Waals surface area contributed by atoms with Gasteiger partial charge in [0.2, 0.25) is 11.8 Å². The predicted octanol–water partition coefficient (Wildman–Crippen LogP) is 3.48. The van der Waals surface area contributed by atoms with Crippen molar-refractivity contribution >= 4 is 11.8 Å². The van der Waals surface area contributed by atoms with Crippen LogP contribution in [0.15, 0.2) is 0 Å². The van der Waals surface area contributed by atoms with E-state index in [0.29, 0.717) is 12.6 Å². The highest BCUT2D eigenvalue weighted by Gasteiger charge is 2.31. The van der Waals surface area contributed by atoms with Crippen LogP contribution < -0.4 is 10.6 Å². The molecule has 27 heavy (non-hydrogen) atoms. The summed E-state index contributed by atoms with van der Waals surface area (Å²) in [6.07, 6.45) is 11.3. The number of nitrogens with one attached hydrogen (secondary N) is 2. The van der Waals surface area contributed by atoms with Crippen molar-refractivity contribution in [3.63, 3.8) is 0 Å². The van der Waals surface area contributed by atoms with Gasteiger partial charge in [0.25, 0.3) is 0 Å². The molecule has 1 heterocycles. The highest BCUT2D eigenvalue weighted by Crippen LogP contribution is 2.24. The SMILES string of the molecule is CCCCCCNC(=O)C1CCCN(C(C)C(=O)NC2CCC(C)CC2)C1. The van der Waals surface area contributed by atoms with Gasteiger partial charge in [-0.15, -0.1) is 0 Å². The first-order chi connectivity index (χ1) is 13.0. The largest absolute Gasteiger partial charge is 0.356 e. The van der Waals surface area contributed by atoms with Crippen LogP contribution in [0.1, 0.15) is 85.0 Å². The Kier molecular flexibility index (Phi) is 9.60. The van der Waals surface area contributed by atoms with E-state index in [1.165, 1.54) is 32.1 Å². The van der Waals surface area contributed by atoms with Gasteiger partial charge >= 0.3 is 0 Å². The van der Waals surface area contributed by atoms with Crippen LogP contribution in [0.4, 0.5) is 0 Å². The molecule has 2 aliphatic rings. The number of rotatable bonds is 9. The van der Waals surface area contributed by atoms with Crippen molar-refractivity contribution in [2.24, 2.45) is 11.8 Å². The first-order valence-electron chi connectivity index (χ1n) is 11.3. The molecular weight excluding hydrogens is 338 g/mol. The van der Waals surface area contributed by atoms with E-state index in [1.807, 2.05) is 6.92 Å². The van der Waals surface area contributed by atoms with Crippen molar-refractivity contribution in [3.05, 3.63) is 0 Å². The zero-order valence-electron chi connectivity index (χ0n) is 17.8. The van der Waals surface area contributed by atoms with Crippen LogP contribution in [0.2, 0.25) is 0 Å². The fourth-order valence-corrected chi connectivity index (χ4v) is 4.37. The van der Waals surface area contributed by atoms with Gasteiger partial charge in [0.1, 0.15) is 0 Å². The lowest BCUT2D eigenvalue weighted by Gasteiger charge is -2.36. The van der Waals surface area contributed by atoms with Crippen LogP contribution in [0.25, 0.3) is 0 Å². The van der Waals surface area contributed by atoms with Gasteiger partial charge in [-0.3, -0.25) is 14.5 Å². The number of likely N-dealkylation sites (tertiary alicyclic amines) is 1. The summed E-state index contributed by atoms with van der Waals surface area (Å²) in [5.41, 5.74) is 0. The number of amides is 2. The maximum absolute atomic E-state index is 12.7. The molecule has 1 aliphatic heterocycles. The Hall–Kier alpha value is -1.10. The van der Waals surface area contributed by atoms with E-state index in [2.05, 4.69) is 29.4 Å². The number of unbranched alkanes of at least 4 members (excludes halogenated alkanes) is 3. The molecule has 5 nitrogen and oxygen atoms in total. The highest BCUT2D eigenvalue weighted by atomic mass is 16.2. The van der Waals surface area contributed by atoms with Gasteiger partial charge in [-0.25, -0.2) is 0 Å². The Morgan fingerprint density at radius 3 is 2.52 bits per heavy atom. The summed E-state index contributed by atoms with van der Waals surface area (Å²) in [4.78, 5) is 27.4. The van der Waals surface area contributed by atoms with E-state index in [0.717, 1.165) is 51.1 Å². The second-order valence-electron chi connectivity index (χ2n) is 8.83. The Bertz CT molecular complexity index is 460. The minimum atomic E-state index is -0.149. The van der Waals surface area contributed by atoms with Crippen molar-refractivity contribution in [2.45, 2.75) is 97.1 Å². The molecule has 0 aromatic carbocycles. The van der Waals surface area contributed by atoms with Crippen LogP contribution in [0.3, 0.4) is 0 Å². The Morgan fingerprint density at radius 2 is 1.81 bits per heavy atom. The van der Waals surface area contributed by atoms with Crippen LogP contribution in [0, 0.1) is 11.8 Å². The monoisotopic (exact) mass is 379 g/mol. The smallest absolute Gasteiger partial charge is 0.237 e. The zero-order valence-corrected chi connectivity index (χ0v) is 17.8. The van der Waals surface area contributed by atoms with Crippen molar-refractivity contribution in [1.29, 1.82) is 0 Å². The lowest BCUT2D eigenvalue weighted by molar-refractivity contribution is -0.131. The normalized spacial score (nSPS) is 27.7. The van der Waals surface area contributed by atoms with Gasteiger partial charge in [-0.2, -0.15) is 0 Å². The van der Waals surface area contributed by atoms with Crippen molar-refractivity contribution in [3.8, 4) is 0 Å². The van der Waals surface area contributed by atoms with E-state index in [4.69, 9.17) is 0 Å². The van der Waals surface area contributed by atoms with Crippen LogP contribution in [-0.2, 0) is 9.59 Å². The highest BCUT2D eigenvalue weighted by molar-refractivity contribution is 5.82. The molecule has 1 saturated carbocycles. The molecule has 2 N–H and O–H groups in total. The molecule has 0 spiro atoms. The van der Waals surface area contributed by atoms with Gasteiger partial charge in [-0.1, -0.05) is 33.1 Å². The predicted molar refractivity (Wildman–Crippen MR) is 110 cm³/mol. The van der Waals surface area contributed by atoms with Gasteiger partial charge in [0.05, 0.1) is 12.0 Å². The van der Waals surface area contributed by atoms with Gasteiger partial charge in [0.15, 0.2) is 0 Å². The Balaban J connectivity index is 1.73. The first kappa shape index (κ1) is 22.2. The topological polar surface area (TPSA) is 61.4 Å². The number of nitrogens with zero attached hydrogens (tertiary/aromatic N) is 1. The third kappa shape index (κ3) is 7.44. The fraction of sp³-hybridized carbons (Fsp3) is 0.909. The first-order valence-corrected chi connectivity index (χ1v) is 11.3. The minimum absolute atomic E-state index is 0.0238. The molecule has 0 aromatic heterocycles. The second kappa shape index (κ2) is 11.7. The molecule has 2 fully saturated rings. The Morgan fingerprint density at radius 1 is 1.07 bits per heavy atom. The maximum Gasteiger partial charge on any atom is 0.237 e. The quantitative estimate of drug-likeness (QED) is 0.603. The van der Waals surface area contributed by atoms with E-state index < -0.39 is 0 Å². The van der Waals surface area contributed by atoms with Crippen LogP contribution in [-0.4, -0.2) is 48.4 Å². The van der Waals surface area contributed by atoms with Crippen molar-refractivity contribution < 1.29 is 9.59 Å². The van der Waals surface area contributed by atoms with Crippen LogP contribution >= 0.6 is 0 Å². The van der Waals surface area contributed by atoms with E-state index in [9.17, 15) is 9.59 Å². The summed E-state index contributed by atoms with van der Waals surface area (Å²) in [5.74, 6) is 1.12. The summed E-state index contributed by atoms with van der Waals surface area (Å²) in [5, 5.41) is 6.36. The second-order valence-corrected chi connectivity index (χ2v) is 8.83. The molecule has 1 aliphatic carbocycles. The number of carbonyl (C=O) groups excluding carboxylic acids is 2. The molecule has 156 valence electrons. The number of piperidine rings is 1. The molecule has 2 amide bonds. The summed E-state index contributed by atoms with van der Waals surface area (Å²) in [6.45, 7) is 8.88. The molecule has 2 rings (SSSR count). The zero-order chi connectivity index (χ0) is 19.6. The summed E-state index contributed by atoms with van der Waals surface area (Å²) < 4.78 is 0. The maximum atomic E-state index is 12.7. The summed E-state index contributed by atoms with van der Waals surface area (Å²) >= 11 is 0. The van der Waals surface area contributed by atoms with Gasteiger partial charge in [-0.05, 0) is 64.3 Å². The van der Waals surface area contributed by atoms with Crippen LogP contribution in [0.5, 0.6) is 0 Å². The number of hydrogen-bond acceptors (Lipinski definition) is 3. The molecule has 1 saturated heterocycles. The van der Waals surface area contributed by atoms with Gasteiger partial charge in [0, 0.05) is 19.1 Å². The minimum Gasteiger partial charge on any atom is -0.356 e. The third-order valence-corrected chi connectivity index (χ3v) is 6.44. The molecule has 2 unspecified atom stereocenters. The van der Waals surface area contributed by atoms with Gasteiger partial charge < -0.3 is 10.6 Å². The third-order valence-electron chi connectivity index (χ3n) is 6.44. The summed E-state index contributed by atoms with van der Waals surface area (Å²) in [6, 6.07) is 0.188. The van der Waals surface area contributed by atoms with E-state index >= 15 is 0 Å². The standard InChI is InChI=1S/C22H41N3O2/c1-4-5-6-7-14-23-22(27)19-9-8-15-25(16-19)18(3)21(26)24-20-12-10-17(2)11-13-20/h17-20H,4-16H2,1-3H3,(H,23,27)(H,24,26). The molecule has 2 atom stereocenters. The lowest BCUT2D eigenvalue weighted by Crippen LogP contribution is -2.53. The molecular formula is C22H41N3O2. The number of hydrogen-bond donors (Lipinski definition) is 2. The average Bonchev–Trinajstić information content (AvgIpc) is 2.69.